The molecule has 0 aliphatic rings. The van der Waals surface area contributed by atoms with Crippen LogP contribution < -0.4 is 10.6 Å². The molecule has 0 aliphatic carbocycles. The Morgan fingerprint density at radius 1 is 1.29 bits per heavy atom. The summed E-state index contributed by atoms with van der Waals surface area (Å²) in [6, 6.07) is 7.83. The number of thioether (sulfide) groups is 1. The summed E-state index contributed by atoms with van der Waals surface area (Å²) in [4.78, 5) is 9.75. The van der Waals surface area contributed by atoms with Gasteiger partial charge in [0.05, 0.1) is 0 Å². The van der Waals surface area contributed by atoms with E-state index in [2.05, 4.69) is 25.8 Å². The van der Waals surface area contributed by atoms with Crippen molar-refractivity contribution in [2.24, 2.45) is 4.99 Å². The monoisotopic (exact) mass is 481 g/mol. The third-order valence-electron chi connectivity index (χ3n) is 2.76. The first-order chi connectivity index (χ1) is 11.2. The number of nitrogens with one attached hydrogen (secondary N) is 2. The third-order valence-corrected chi connectivity index (χ3v) is 4.03. The summed E-state index contributed by atoms with van der Waals surface area (Å²) in [6.45, 7) is 5.76. The van der Waals surface area contributed by atoms with E-state index in [-0.39, 0.29) is 24.0 Å². The average Bonchev–Trinajstić information content (AvgIpc) is 2.96. The molecule has 0 aliphatic heterocycles. The van der Waals surface area contributed by atoms with Crippen molar-refractivity contribution >= 4 is 53.3 Å². The lowest BCUT2D eigenvalue weighted by atomic mass is 10.4. The Balaban J connectivity index is 0.00000288. The zero-order valence-corrected chi connectivity index (χ0v) is 17.5. The van der Waals surface area contributed by atoms with Crippen LogP contribution in [0.1, 0.15) is 18.6 Å². The second-order valence-corrected chi connectivity index (χ2v) is 6.26. The second kappa shape index (κ2) is 11.5. The fourth-order valence-corrected chi connectivity index (χ4v) is 2.66. The van der Waals surface area contributed by atoms with E-state index in [1.54, 1.807) is 18.7 Å². The molecule has 2 aromatic rings. The first-order valence-corrected chi connectivity index (χ1v) is 8.73. The van der Waals surface area contributed by atoms with Gasteiger partial charge in [-0.2, -0.15) is 4.98 Å². The van der Waals surface area contributed by atoms with Crippen LogP contribution in [0.4, 0.5) is 0 Å². The van der Waals surface area contributed by atoms with Gasteiger partial charge in [-0.15, -0.1) is 35.7 Å². The van der Waals surface area contributed by atoms with Crippen molar-refractivity contribution < 1.29 is 4.52 Å². The van der Waals surface area contributed by atoms with E-state index in [4.69, 9.17) is 16.1 Å². The van der Waals surface area contributed by atoms with Crippen molar-refractivity contribution in [3.8, 4) is 0 Å². The van der Waals surface area contributed by atoms with Gasteiger partial charge in [0.1, 0.15) is 6.54 Å². The fourth-order valence-electron chi connectivity index (χ4n) is 1.76. The van der Waals surface area contributed by atoms with E-state index >= 15 is 0 Å². The number of halogens is 2. The highest BCUT2D eigenvalue weighted by molar-refractivity contribution is 14.0. The summed E-state index contributed by atoms with van der Waals surface area (Å²) in [5, 5.41) is 11.0. The van der Waals surface area contributed by atoms with Gasteiger partial charge in [-0.1, -0.05) is 16.8 Å². The number of rotatable bonds is 7. The summed E-state index contributed by atoms with van der Waals surface area (Å²) in [6.07, 6.45) is 0. The number of hydrogen-bond donors (Lipinski definition) is 2. The molecule has 6 nitrogen and oxygen atoms in total. The number of nitrogens with zero attached hydrogens (tertiary/aromatic N) is 3. The van der Waals surface area contributed by atoms with Crippen molar-refractivity contribution in [1.82, 2.24) is 20.8 Å². The Bertz CT molecular complexity index is 635. The number of guanidine groups is 1. The van der Waals surface area contributed by atoms with Crippen molar-refractivity contribution in [2.45, 2.75) is 25.3 Å². The van der Waals surface area contributed by atoms with E-state index in [1.165, 1.54) is 4.90 Å². The Labute approximate surface area is 168 Å². The van der Waals surface area contributed by atoms with Gasteiger partial charge in [-0.25, -0.2) is 4.99 Å². The third kappa shape index (κ3) is 7.71. The molecule has 2 rings (SSSR count). The van der Waals surface area contributed by atoms with Crippen LogP contribution in [0.25, 0.3) is 0 Å². The summed E-state index contributed by atoms with van der Waals surface area (Å²) in [5.74, 6) is 2.79. The molecular formula is C15H21ClIN5OS. The molecular weight excluding hydrogens is 461 g/mol. The van der Waals surface area contributed by atoms with Gasteiger partial charge >= 0.3 is 0 Å². The number of aryl methyl sites for hydroxylation is 1. The second-order valence-electron chi connectivity index (χ2n) is 4.66. The molecule has 0 unspecified atom stereocenters. The van der Waals surface area contributed by atoms with Crippen LogP contribution in [0.2, 0.25) is 5.02 Å². The van der Waals surface area contributed by atoms with Crippen LogP contribution in [-0.4, -0.2) is 34.9 Å². The first-order valence-electron chi connectivity index (χ1n) is 7.37. The highest BCUT2D eigenvalue weighted by Gasteiger charge is 2.03. The minimum Gasteiger partial charge on any atom is -0.357 e. The molecule has 1 aromatic heterocycles. The predicted octanol–water partition coefficient (Wildman–Crippen LogP) is 3.50. The Hall–Kier alpha value is -1.000. The van der Waals surface area contributed by atoms with Crippen LogP contribution >= 0.6 is 47.3 Å². The normalized spacial score (nSPS) is 11.0. The molecule has 1 heterocycles. The molecule has 0 atom stereocenters. The minimum absolute atomic E-state index is 0. The van der Waals surface area contributed by atoms with Crippen molar-refractivity contribution in [1.29, 1.82) is 0 Å². The zero-order valence-electron chi connectivity index (χ0n) is 13.6. The quantitative estimate of drug-likeness (QED) is 0.207. The highest BCUT2D eigenvalue weighted by atomic mass is 127. The largest absolute Gasteiger partial charge is 0.357 e. The van der Waals surface area contributed by atoms with Crippen LogP contribution in [0.3, 0.4) is 0 Å². The highest BCUT2D eigenvalue weighted by Crippen LogP contribution is 2.19. The lowest BCUT2D eigenvalue weighted by Gasteiger charge is -2.10. The fraction of sp³-hybridized carbons (Fsp3) is 0.400. The topological polar surface area (TPSA) is 75.3 Å². The van der Waals surface area contributed by atoms with Crippen LogP contribution in [0.15, 0.2) is 38.7 Å². The molecule has 0 bridgehead atoms. The molecule has 0 spiro atoms. The van der Waals surface area contributed by atoms with E-state index in [1.807, 2.05) is 31.2 Å². The van der Waals surface area contributed by atoms with Crippen LogP contribution in [-0.2, 0) is 6.54 Å². The van der Waals surface area contributed by atoms with Gasteiger partial charge in [0.2, 0.25) is 5.89 Å². The van der Waals surface area contributed by atoms with Crippen molar-refractivity contribution in [2.75, 3.05) is 18.8 Å². The van der Waals surface area contributed by atoms with Gasteiger partial charge in [0.25, 0.3) is 0 Å². The summed E-state index contributed by atoms with van der Waals surface area (Å²) >= 11 is 7.64. The Kier molecular flexibility index (Phi) is 10.1. The van der Waals surface area contributed by atoms with E-state index in [0.29, 0.717) is 18.3 Å². The smallest absolute Gasteiger partial charge is 0.248 e. The average molecular weight is 482 g/mol. The Morgan fingerprint density at radius 3 is 2.67 bits per heavy atom. The summed E-state index contributed by atoms with van der Waals surface area (Å²) in [5.41, 5.74) is 0. The molecule has 0 saturated carbocycles. The number of hydrogen-bond acceptors (Lipinski definition) is 5. The lowest BCUT2D eigenvalue weighted by Crippen LogP contribution is -2.38. The molecule has 2 N–H and O–H groups in total. The lowest BCUT2D eigenvalue weighted by molar-refractivity contribution is 0.376. The minimum atomic E-state index is 0. The molecule has 0 amide bonds. The number of aromatic nitrogens is 2. The van der Waals surface area contributed by atoms with E-state index < -0.39 is 0 Å². The van der Waals surface area contributed by atoms with Crippen molar-refractivity contribution in [3.05, 3.63) is 41.0 Å². The van der Waals surface area contributed by atoms with Gasteiger partial charge < -0.3 is 15.2 Å². The number of benzene rings is 1. The molecule has 0 fully saturated rings. The van der Waals surface area contributed by atoms with E-state index in [9.17, 15) is 0 Å². The zero-order chi connectivity index (χ0) is 16.5. The molecule has 0 radical (unpaired) electrons. The summed E-state index contributed by atoms with van der Waals surface area (Å²) in [7, 11) is 0. The Morgan fingerprint density at radius 2 is 2.04 bits per heavy atom. The molecule has 0 saturated heterocycles. The first kappa shape index (κ1) is 21.0. The molecule has 9 heteroatoms. The van der Waals surface area contributed by atoms with Crippen LogP contribution in [0.5, 0.6) is 0 Å². The maximum absolute atomic E-state index is 5.87. The standard InChI is InChI=1S/C15H20ClN5OS.HI/c1-3-17-15(19-10-14-20-11(2)21-22-14)18-8-9-23-13-6-4-12(16)5-7-13;/h4-7H,3,8-10H2,1-2H3,(H2,17,18,19);1H. The predicted molar refractivity (Wildman–Crippen MR) is 109 cm³/mol. The van der Waals surface area contributed by atoms with Gasteiger partial charge in [-0.3, -0.25) is 0 Å². The van der Waals surface area contributed by atoms with E-state index in [0.717, 1.165) is 29.8 Å². The molecule has 132 valence electrons. The van der Waals surface area contributed by atoms with Gasteiger partial charge in [-0.05, 0) is 38.1 Å². The SMILES string of the molecule is CCNC(=NCc1nc(C)no1)NCCSc1ccc(Cl)cc1.I. The van der Waals surface area contributed by atoms with Gasteiger partial charge in [0, 0.05) is 28.8 Å². The van der Waals surface area contributed by atoms with Crippen molar-refractivity contribution in [3.63, 3.8) is 0 Å². The molecule has 24 heavy (non-hydrogen) atoms. The number of aliphatic imine (C=N–C) groups is 1. The summed E-state index contributed by atoms with van der Waals surface area (Å²) < 4.78 is 5.05. The maximum Gasteiger partial charge on any atom is 0.248 e. The molecule has 1 aromatic carbocycles. The van der Waals surface area contributed by atoms with Gasteiger partial charge in [0.15, 0.2) is 11.8 Å². The van der Waals surface area contributed by atoms with Crippen LogP contribution in [0, 0.1) is 6.92 Å². The maximum atomic E-state index is 5.87.